The van der Waals surface area contributed by atoms with E-state index in [1.165, 1.54) is 0 Å². The van der Waals surface area contributed by atoms with Crippen molar-refractivity contribution in [2.45, 2.75) is 12.5 Å². The van der Waals surface area contributed by atoms with Crippen LogP contribution in [0.5, 0.6) is 0 Å². The highest BCUT2D eigenvalue weighted by Crippen LogP contribution is 2.22. The van der Waals surface area contributed by atoms with Gasteiger partial charge in [-0.1, -0.05) is 23.2 Å². The van der Waals surface area contributed by atoms with Crippen LogP contribution in [-0.2, 0) is 4.74 Å². The van der Waals surface area contributed by atoms with Crippen molar-refractivity contribution in [1.82, 2.24) is 20.4 Å². The highest BCUT2D eigenvalue weighted by molar-refractivity contribution is 6.42. The number of halogens is 2. The van der Waals surface area contributed by atoms with E-state index in [0.717, 1.165) is 51.8 Å². The van der Waals surface area contributed by atoms with Crippen LogP contribution >= 0.6 is 23.2 Å². The smallest absolute Gasteiger partial charge is 0.251 e. The van der Waals surface area contributed by atoms with Crippen LogP contribution in [0.2, 0.25) is 10.0 Å². The van der Waals surface area contributed by atoms with Crippen LogP contribution in [0.4, 0.5) is 0 Å². The van der Waals surface area contributed by atoms with Crippen molar-refractivity contribution in [2.75, 3.05) is 59.5 Å². The quantitative estimate of drug-likeness (QED) is 0.425. The molecule has 0 aromatic heterocycles. The van der Waals surface area contributed by atoms with Gasteiger partial charge in [-0.3, -0.25) is 14.7 Å². The van der Waals surface area contributed by atoms with Crippen molar-refractivity contribution < 1.29 is 9.53 Å². The van der Waals surface area contributed by atoms with Crippen molar-refractivity contribution in [3.63, 3.8) is 0 Å². The van der Waals surface area contributed by atoms with Gasteiger partial charge in [-0.15, -0.1) is 0 Å². The number of amides is 1. The number of aliphatic imine (C=N–C) groups is 1. The fourth-order valence-corrected chi connectivity index (χ4v) is 3.90. The molecule has 1 amide bonds. The molecule has 7 nitrogen and oxygen atoms in total. The number of hydrogen-bond acceptors (Lipinski definition) is 4. The average Bonchev–Trinajstić information content (AvgIpc) is 3.20. The summed E-state index contributed by atoms with van der Waals surface area (Å²) < 4.78 is 5.44. The summed E-state index contributed by atoms with van der Waals surface area (Å²) in [6, 6.07) is 5.40. The zero-order chi connectivity index (χ0) is 19.9. The number of hydrogen-bond donors (Lipinski definition) is 2. The number of rotatable bonds is 5. The first-order valence-corrected chi connectivity index (χ1v) is 10.3. The van der Waals surface area contributed by atoms with E-state index >= 15 is 0 Å². The van der Waals surface area contributed by atoms with E-state index in [2.05, 4.69) is 25.4 Å². The second-order valence-corrected chi connectivity index (χ2v) is 7.71. The molecule has 2 aliphatic heterocycles. The van der Waals surface area contributed by atoms with Crippen LogP contribution < -0.4 is 10.6 Å². The van der Waals surface area contributed by atoms with E-state index in [-0.39, 0.29) is 5.91 Å². The van der Waals surface area contributed by atoms with Gasteiger partial charge in [0.25, 0.3) is 5.91 Å². The first-order valence-electron chi connectivity index (χ1n) is 9.59. The normalized spacial score (nSPS) is 21.0. The van der Waals surface area contributed by atoms with E-state index in [4.69, 9.17) is 27.9 Å². The van der Waals surface area contributed by atoms with Gasteiger partial charge < -0.3 is 20.3 Å². The van der Waals surface area contributed by atoms with E-state index in [9.17, 15) is 4.79 Å². The molecule has 9 heteroatoms. The molecule has 1 unspecified atom stereocenters. The summed E-state index contributed by atoms with van der Waals surface area (Å²) in [6.45, 7) is 6.69. The van der Waals surface area contributed by atoms with E-state index in [1.807, 2.05) is 0 Å². The van der Waals surface area contributed by atoms with Crippen LogP contribution in [0.15, 0.2) is 23.2 Å². The highest BCUT2D eigenvalue weighted by Gasteiger charge is 2.30. The zero-order valence-corrected chi connectivity index (χ0v) is 17.6. The Bertz CT molecular complexity index is 710. The van der Waals surface area contributed by atoms with Crippen molar-refractivity contribution >= 4 is 35.1 Å². The fourth-order valence-electron chi connectivity index (χ4n) is 3.60. The molecule has 3 rings (SSSR count). The minimum atomic E-state index is -0.177. The lowest BCUT2D eigenvalue weighted by Gasteiger charge is -2.32. The number of carbonyl (C=O) groups excluding carboxylic acids is 1. The Morgan fingerprint density at radius 2 is 1.93 bits per heavy atom. The summed E-state index contributed by atoms with van der Waals surface area (Å²) >= 11 is 11.8. The Kier molecular flexibility index (Phi) is 7.79. The predicted molar refractivity (Wildman–Crippen MR) is 113 cm³/mol. The highest BCUT2D eigenvalue weighted by atomic mass is 35.5. The molecule has 1 atom stereocenters. The van der Waals surface area contributed by atoms with Gasteiger partial charge in [0.15, 0.2) is 5.96 Å². The maximum atomic E-state index is 12.2. The maximum Gasteiger partial charge on any atom is 0.251 e. The molecule has 0 bridgehead atoms. The van der Waals surface area contributed by atoms with E-state index in [1.54, 1.807) is 25.2 Å². The van der Waals surface area contributed by atoms with Crippen LogP contribution in [-0.4, -0.2) is 87.2 Å². The van der Waals surface area contributed by atoms with Crippen LogP contribution in [0.25, 0.3) is 0 Å². The van der Waals surface area contributed by atoms with Crippen molar-refractivity contribution in [1.29, 1.82) is 0 Å². The van der Waals surface area contributed by atoms with Crippen molar-refractivity contribution in [2.24, 2.45) is 4.99 Å². The van der Waals surface area contributed by atoms with Gasteiger partial charge in [0.1, 0.15) is 0 Å². The number of ether oxygens (including phenoxy) is 1. The van der Waals surface area contributed by atoms with Crippen molar-refractivity contribution in [3.8, 4) is 0 Å². The SMILES string of the molecule is CN=C(NCCNC(=O)c1ccc(Cl)c(Cl)c1)N1CCC(N2CCOCC2)C1. The van der Waals surface area contributed by atoms with Gasteiger partial charge >= 0.3 is 0 Å². The molecule has 2 heterocycles. The third-order valence-corrected chi connectivity index (χ3v) is 5.85. The number of morpholine rings is 1. The molecule has 0 spiro atoms. The number of likely N-dealkylation sites (tertiary alicyclic amines) is 1. The zero-order valence-electron chi connectivity index (χ0n) is 16.1. The Balaban J connectivity index is 1.41. The number of guanidine groups is 1. The maximum absolute atomic E-state index is 12.2. The summed E-state index contributed by atoms with van der Waals surface area (Å²) in [4.78, 5) is 21.4. The molecule has 0 saturated carbocycles. The van der Waals surface area contributed by atoms with Gasteiger partial charge in [-0.2, -0.15) is 0 Å². The predicted octanol–water partition coefficient (Wildman–Crippen LogP) is 1.71. The third-order valence-electron chi connectivity index (χ3n) is 5.11. The van der Waals surface area contributed by atoms with Gasteiger partial charge in [-0.05, 0) is 24.6 Å². The average molecular weight is 428 g/mol. The van der Waals surface area contributed by atoms with E-state index in [0.29, 0.717) is 34.7 Å². The first kappa shape index (κ1) is 21.2. The molecule has 1 aromatic rings. The van der Waals surface area contributed by atoms with Crippen LogP contribution in [0.1, 0.15) is 16.8 Å². The number of benzene rings is 1. The fraction of sp³-hybridized carbons (Fsp3) is 0.579. The van der Waals surface area contributed by atoms with Gasteiger partial charge in [0, 0.05) is 57.9 Å². The van der Waals surface area contributed by atoms with Gasteiger partial charge in [0.2, 0.25) is 0 Å². The minimum Gasteiger partial charge on any atom is -0.379 e. The molecule has 2 aliphatic rings. The lowest BCUT2D eigenvalue weighted by atomic mass is 10.2. The molecule has 0 radical (unpaired) electrons. The monoisotopic (exact) mass is 427 g/mol. The molecule has 2 saturated heterocycles. The lowest BCUT2D eigenvalue weighted by molar-refractivity contribution is 0.0195. The Morgan fingerprint density at radius 3 is 2.64 bits per heavy atom. The van der Waals surface area contributed by atoms with Gasteiger partial charge in [0.05, 0.1) is 23.3 Å². The summed E-state index contributed by atoms with van der Waals surface area (Å²) in [5.74, 6) is 0.698. The standard InChI is InChI=1S/C19H27Cl2N5O2/c1-22-19(26-7-4-15(13-26)25-8-10-28-11-9-25)24-6-5-23-18(27)14-2-3-16(20)17(21)12-14/h2-3,12,15H,4-11,13H2,1H3,(H,22,24)(H,23,27). The second kappa shape index (κ2) is 10.3. The van der Waals surface area contributed by atoms with Gasteiger partial charge in [-0.25, -0.2) is 0 Å². The Labute approximate surface area is 176 Å². The van der Waals surface area contributed by atoms with Crippen molar-refractivity contribution in [3.05, 3.63) is 33.8 Å². The molecular formula is C19H27Cl2N5O2. The molecule has 2 N–H and O–H groups in total. The molecular weight excluding hydrogens is 401 g/mol. The van der Waals surface area contributed by atoms with E-state index < -0.39 is 0 Å². The van der Waals surface area contributed by atoms with Crippen LogP contribution in [0, 0.1) is 0 Å². The second-order valence-electron chi connectivity index (χ2n) is 6.90. The first-order chi connectivity index (χ1) is 13.6. The number of carbonyl (C=O) groups is 1. The summed E-state index contributed by atoms with van der Waals surface area (Å²) in [5.41, 5.74) is 0.492. The molecule has 28 heavy (non-hydrogen) atoms. The molecule has 0 aliphatic carbocycles. The molecule has 2 fully saturated rings. The van der Waals surface area contributed by atoms with Crippen LogP contribution in [0.3, 0.4) is 0 Å². The Hall–Kier alpha value is -1.54. The summed E-state index contributed by atoms with van der Waals surface area (Å²) in [6.07, 6.45) is 1.13. The lowest BCUT2D eigenvalue weighted by Crippen LogP contribution is -2.47. The minimum absolute atomic E-state index is 0.177. The number of nitrogens with one attached hydrogen (secondary N) is 2. The molecule has 1 aromatic carbocycles. The molecule has 154 valence electrons. The third kappa shape index (κ3) is 5.50. The largest absolute Gasteiger partial charge is 0.379 e. The number of nitrogens with zero attached hydrogens (tertiary/aromatic N) is 3. The summed E-state index contributed by atoms with van der Waals surface area (Å²) in [7, 11) is 1.79. The topological polar surface area (TPSA) is 69.2 Å². The Morgan fingerprint density at radius 1 is 1.18 bits per heavy atom. The summed E-state index contributed by atoms with van der Waals surface area (Å²) in [5, 5.41) is 7.02.